The minimum Gasteiger partial charge on any atom is -0.374 e. The van der Waals surface area contributed by atoms with E-state index in [2.05, 4.69) is 12.2 Å². The molecule has 0 amide bonds. The molecule has 2 atom stereocenters. The molecule has 88 valence electrons. The molecule has 2 fully saturated rings. The zero-order valence-corrected chi connectivity index (χ0v) is 10.0. The van der Waals surface area contributed by atoms with Gasteiger partial charge in [0.15, 0.2) is 0 Å². The van der Waals surface area contributed by atoms with Gasteiger partial charge in [0.25, 0.3) is 0 Å². The fourth-order valence-electron chi connectivity index (χ4n) is 2.88. The van der Waals surface area contributed by atoms with Crippen molar-refractivity contribution in [2.45, 2.75) is 64.1 Å². The molecule has 2 aliphatic rings. The van der Waals surface area contributed by atoms with Crippen LogP contribution >= 0.6 is 0 Å². The van der Waals surface area contributed by atoms with E-state index in [1.807, 2.05) is 0 Å². The molecule has 0 aromatic rings. The van der Waals surface area contributed by atoms with Crippen molar-refractivity contribution in [3.05, 3.63) is 0 Å². The molecule has 2 nitrogen and oxygen atoms in total. The van der Waals surface area contributed by atoms with Crippen molar-refractivity contribution in [1.82, 2.24) is 5.32 Å². The van der Waals surface area contributed by atoms with Crippen molar-refractivity contribution >= 4 is 0 Å². The molecule has 2 heteroatoms. The number of nitrogens with one attached hydrogen (secondary N) is 1. The minimum atomic E-state index is 0.489. The molecule has 0 aromatic carbocycles. The summed E-state index contributed by atoms with van der Waals surface area (Å²) in [6, 6.07) is 0. The van der Waals surface area contributed by atoms with Crippen molar-refractivity contribution in [2.24, 2.45) is 5.92 Å². The summed E-state index contributed by atoms with van der Waals surface area (Å²) in [6.45, 7) is 4.47. The highest BCUT2D eigenvalue weighted by molar-refractivity contribution is 4.74. The second-order valence-corrected chi connectivity index (χ2v) is 5.31. The van der Waals surface area contributed by atoms with Crippen molar-refractivity contribution in [3.63, 3.8) is 0 Å². The van der Waals surface area contributed by atoms with Crippen LogP contribution < -0.4 is 5.32 Å². The highest BCUT2D eigenvalue weighted by atomic mass is 16.5. The lowest BCUT2D eigenvalue weighted by molar-refractivity contribution is 0.0552. The molecule has 2 unspecified atom stereocenters. The Morgan fingerprint density at radius 3 is 2.47 bits per heavy atom. The van der Waals surface area contributed by atoms with Crippen LogP contribution in [0.25, 0.3) is 0 Å². The molecular formula is C13H25NO. The third kappa shape index (κ3) is 3.76. The first-order chi connectivity index (χ1) is 7.34. The van der Waals surface area contributed by atoms with Crippen molar-refractivity contribution in [3.8, 4) is 0 Å². The molecule has 0 spiro atoms. The van der Waals surface area contributed by atoms with Gasteiger partial charge >= 0.3 is 0 Å². The van der Waals surface area contributed by atoms with Crippen LogP contribution in [0.5, 0.6) is 0 Å². The first-order valence-corrected chi connectivity index (χ1v) is 6.71. The number of ether oxygens (including phenoxy) is 1. The van der Waals surface area contributed by atoms with Crippen LogP contribution in [0.2, 0.25) is 0 Å². The van der Waals surface area contributed by atoms with E-state index in [-0.39, 0.29) is 0 Å². The number of rotatable bonds is 4. The summed E-state index contributed by atoms with van der Waals surface area (Å²) in [7, 11) is 0. The third-order valence-corrected chi connectivity index (χ3v) is 3.85. The Labute approximate surface area is 93.8 Å². The first kappa shape index (κ1) is 11.4. The Kier molecular flexibility index (Phi) is 4.45. The van der Waals surface area contributed by atoms with Gasteiger partial charge in [0, 0.05) is 6.54 Å². The summed E-state index contributed by atoms with van der Waals surface area (Å²) < 4.78 is 5.79. The van der Waals surface area contributed by atoms with Gasteiger partial charge in [0.05, 0.1) is 12.2 Å². The van der Waals surface area contributed by atoms with E-state index in [9.17, 15) is 0 Å². The molecular weight excluding hydrogens is 186 g/mol. The van der Waals surface area contributed by atoms with Gasteiger partial charge in [-0.2, -0.15) is 0 Å². The predicted molar refractivity (Wildman–Crippen MR) is 63.0 cm³/mol. The monoisotopic (exact) mass is 211 g/mol. The predicted octanol–water partition coefficient (Wildman–Crippen LogP) is 2.72. The Balaban J connectivity index is 1.54. The molecule has 1 saturated heterocycles. The molecule has 0 radical (unpaired) electrons. The van der Waals surface area contributed by atoms with E-state index in [4.69, 9.17) is 4.74 Å². The van der Waals surface area contributed by atoms with Gasteiger partial charge in [-0.3, -0.25) is 0 Å². The normalized spacial score (nSPS) is 33.4. The summed E-state index contributed by atoms with van der Waals surface area (Å²) in [5.41, 5.74) is 0. The minimum absolute atomic E-state index is 0.489. The molecule has 1 aliphatic heterocycles. The third-order valence-electron chi connectivity index (χ3n) is 3.85. The van der Waals surface area contributed by atoms with E-state index in [0.717, 1.165) is 12.5 Å². The van der Waals surface area contributed by atoms with Crippen LogP contribution in [-0.4, -0.2) is 25.3 Å². The second kappa shape index (κ2) is 5.86. The molecule has 0 aromatic heterocycles. The Morgan fingerprint density at radius 1 is 1.00 bits per heavy atom. The number of hydrogen-bond acceptors (Lipinski definition) is 2. The molecule has 1 saturated carbocycles. The van der Waals surface area contributed by atoms with E-state index >= 15 is 0 Å². The highest BCUT2D eigenvalue weighted by Gasteiger charge is 2.21. The van der Waals surface area contributed by atoms with Crippen LogP contribution in [0.4, 0.5) is 0 Å². The quantitative estimate of drug-likeness (QED) is 0.772. The highest BCUT2D eigenvalue weighted by Crippen LogP contribution is 2.23. The van der Waals surface area contributed by atoms with E-state index < -0.39 is 0 Å². The van der Waals surface area contributed by atoms with Gasteiger partial charge < -0.3 is 10.1 Å². The van der Waals surface area contributed by atoms with Crippen molar-refractivity contribution in [1.29, 1.82) is 0 Å². The largest absolute Gasteiger partial charge is 0.374 e. The summed E-state index contributed by atoms with van der Waals surface area (Å²) in [5, 5.41) is 3.59. The smallest absolute Gasteiger partial charge is 0.0704 e. The summed E-state index contributed by atoms with van der Waals surface area (Å²) in [5.74, 6) is 0.942. The molecule has 0 bridgehead atoms. The maximum atomic E-state index is 5.79. The maximum Gasteiger partial charge on any atom is 0.0704 e. The maximum absolute atomic E-state index is 5.79. The van der Waals surface area contributed by atoms with E-state index in [0.29, 0.717) is 12.2 Å². The number of hydrogen-bond donors (Lipinski definition) is 1. The van der Waals surface area contributed by atoms with E-state index in [1.165, 1.54) is 51.5 Å². The van der Waals surface area contributed by atoms with Crippen LogP contribution in [0.1, 0.15) is 51.9 Å². The SMILES string of the molecule is CC1CCC(CNCC2CCCCC2)O1. The zero-order valence-electron chi connectivity index (χ0n) is 10.0. The van der Waals surface area contributed by atoms with Crippen molar-refractivity contribution < 1.29 is 4.74 Å². The molecule has 2 rings (SSSR count). The molecule has 1 heterocycles. The molecule has 15 heavy (non-hydrogen) atoms. The zero-order chi connectivity index (χ0) is 10.5. The lowest BCUT2D eigenvalue weighted by Gasteiger charge is -2.22. The molecule has 1 aliphatic carbocycles. The van der Waals surface area contributed by atoms with E-state index in [1.54, 1.807) is 0 Å². The summed E-state index contributed by atoms with van der Waals surface area (Å²) >= 11 is 0. The van der Waals surface area contributed by atoms with Gasteiger partial charge in [-0.05, 0) is 45.1 Å². The van der Waals surface area contributed by atoms with Gasteiger partial charge in [-0.25, -0.2) is 0 Å². The van der Waals surface area contributed by atoms with Gasteiger partial charge in [-0.15, -0.1) is 0 Å². The Bertz CT molecular complexity index is 173. The van der Waals surface area contributed by atoms with Gasteiger partial charge in [-0.1, -0.05) is 19.3 Å². The fraction of sp³-hybridized carbons (Fsp3) is 1.00. The summed E-state index contributed by atoms with van der Waals surface area (Å²) in [6.07, 6.45) is 10.7. The Hall–Kier alpha value is -0.0800. The topological polar surface area (TPSA) is 21.3 Å². The van der Waals surface area contributed by atoms with Gasteiger partial charge in [0.2, 0.25) is 0 Å². The van der Waals surface area contributed by atoms with Crippen LogP contribution in [-0.2, 0) is 4.74 Å². The first-order valence-electron chi connectivity index (χ1n) is 6.71. The average molecular weight is 211 g/mol. The van der Waals surface area contributed by atoms with Crippen LogP contribution in [0, 0.1) is 5.92 Å². The Morgan fingerprint density at radius 2 is 1.80 bits per heavy atom. The lowest BCUT2D eigenvalue weighted by atomic mass is 9.89. The summed E-state index contributed by atoms with van der Waals surface area (Å²) in [4.78, 5) is 0. The molecule has 1 N–H and O–H groups in total. The lowest BCUT2D eigenvalue weighted by Crippen LogP contribution is -2.31. The standard InChI is InChI=1S/C13H25NO/c1-11-7-8-13(15-11)10-14-9-12-5-3-2-4-6-12/h11-14H,2-10H2,1H3. The van der Waals surface area contributed by atoms with Crippen LogP contribution in [0.15, 0.2) is 0 Å². The van der Waals surface area contributed by atoms with Crippen LogP contribution in [0.3, 0.4) is 0 Å². The van der Waals surface area contributed by atoms with Crippen molar-refractivity contribution in [2.75, 3.05) is 13.1 Å². The van der Waals surface area contributed by atoms with Gasteiger partial charge in [0.1, 0.15) is 0 Å². The second-order valence-electron chi connectivity index (χ2n) is 5.31. The average Bonchev–Trinajstić information content (AvgIpc) is 2.66. The fourth-order valence-corrected chi connectivity index (χ4v) is 2.88.